The van der Waals surface area contributed by atoms with Gasteiger partial charge in [0.15, 0.2) is 6.61 Å². The van der Waals surface area contributed by atoms with E-state index >= 15 is 0 Å². The molecule has 7 heteroatoms. The van der Waals surface area contributed by atoms with Gasteiger partial charge in [-0.15, -0.1) is 0 Å². The lowest BCUT2D eigenvalue weighted by Crippen LogP contribution is -2.30. The van der Waals surface area contributed by atoms with Crippen molar-refractivity contribution in [3.05, 3.63) is 27.7 Å². The van der Waals surface area contributed by atoms with E-state index in [2.05, 4.69) is 21.2 Å². The minimum Gasteiger partial charge on any atom is -0.452 e. The van der Waals surface area contributed by atoms with Crippen LogP contribution in [0.1, 0.15) is 22.3 Å². The molecular formula is C14H19BrN2O4. The monoisotopic (exact) mass is 358 g/mol. The number of carbonyl (C=O) groups excluding carboxylic acids is 2. The van der Waals surface area contributed by atoms with Gasteiger partial charge in [-0.25, -0.2) is 4.79 Å². The average molecular weight is 359 g/mol. The molecule has 3 N–H and O–H groups in total. The number of rotatable bonds is 7. The molecule has 0 aromatic heterocycles. The van der Waals surface area contributed by atoms with Gasteiger partial charge in [-0.1, -0.05) is 15.9 Å². The van der Waals surface area contributed by atoms with Gasteiger partial charge in [0.1, 0.15) is 0 Å². The van der Waals surface area contributed by atoms with Gasteiger partial charge in [-0.2, -0.15) is 0 Å². The lowest BCUT2D eigenvalue weighted by molar-refractivity contribution is -0.124. The minimum atomic E-state index is -0.576. The molecule has 1 aromatic carbocycles. The Labute approximate surface area is 132 Å². The fraction of sp³-hybridized carbons (Fsp3) is 0.429. The number of hydrogen-bond acceptors (Lipinski definition) is 5. The van der Waals surface area contributed by atoms with Crippen LogP contribution in [0.2, 0.25) is 0 Å². The molecule has 0 radical (unpaired) electrons. The van der Waals surface area contributed by atoms with Gasteiger partial charge < -0.3 is 20.5 Å². The van der Waals surface area contributed by atoms with E-state index in [0.717, 1.165) is 0 Å². The van der Waals surface area contributed by atoms with Gasteiger partial charge in [-0.3, -0.25) is 4.79 Å². The van der Waals surface area contributed by atoms with Crippen molar-refractivity contribution in [2.45, 2.75) is 13.3 Å². The molecule has 0 saturated carbocycles. The van der Waals surface area contributed by atoms with E-state index in [4.69, 9.17) is 15.2 Å². The number of benzene rings is 1. The van der Waals surface area contributed by atoms with E-state index in [1.165, 1.54) is 0 Å². The van der Waals surface area contributed by atoms with E-state index in [-0.39, 0.29) is 12.5 Å². The van der Waals surface area contributed by atoms with Crippen molar-refractivity contribution in [1.82, 2.24) is 5.32 Å². The molecule has 116 valence electrons. The number of methoxy groups -OCH3 is 1. The molecule has 0 aliphatic heterocycles. The molecule has 0 aliphatic rings. The van der Waals surface area contributed by atoms with E-state index in [0.29, 0.717) is 40.9 Å². The number of halogens is 1. The molecule has 1 aromatic rings. The topological polar surface area (TPSA) is 90.6 Å². The molecule has 0 fully saturated rings. The Bertz CT molecular complexity index is 520. The van der Waals surface area contributed by atoms with Crippen molar-refractivity contribution in [3.8, 4) is 0 Å². The standard InChI is InChI=1S/C14H19BrN2O4/c1-9-11(6-10(15)7-12(9)16)14(19)21-8-13(18)17-4-3-5-20-2/h6-7H,3-5,8,16H2,1-2H3,(H,17,18). The van der Waals surface area contributed by atoms with E-state index < -0.39 is 5.97 Å². The number of nitrogen functional groups attached to an aromatic ring is 1. The predicted octanol–water partition coefficient (Wildman–Crippen LogP) is 1.65. The number of nitrogens with one attached hydrogen (secondary N) is 1. The van der Waals surface area contributed by atoms with Gasteiger partial charge in [0.05, 0.1) is 5.56 Å². The number of ether oxygens (including phenoxy) is 2. The van der Waals surface area contributed by atoms with Crippen molar-refractivity contribution in [3.63, 3.8) is 0 Å². The predicted molar refractivity (Wildman–Crippen MR) is 83.1 cm³/mol. The molecule has 21 heavy (non-hydrogen) atoms. The van der Waals surface area contributed by atoms with Gasteiger partial charge in [-0.05, 0) is 31.0 Å². The normalized spacial score (nSPS) is 10.2. The van der Waals surface area contributed by atoms with Crippen LogP contribution in [-0.2, 0) is 14.3 Å². The summed E-state index contributed by atoms with van der Waals surface area (Å²) in [5, 5.41) is 2.63. The van der Waals surface area contributed by atoms with Crippen LogP contribution in [-0.4, -0.2) is 38.7 Å². The molecule has 6 nitrogen and oxygen atoms in total. The Morgan fingerprint density at radius 2 is 2.10 bits per heavy atom. The number of carbonyl (C=O) groups is 2. The lowest BCUT2D eigenvalue weighted by Gasteiger charge is -2.10. The van der Waals surface area contributed by atoms with Crippen LogP contribution >= 0.6 is 15.9 Å². The molecule has 0 heterocycles. The second kappa shape index (κ2) is 8.63. The zero-order chi connectivity index (χ0) is 15.8. The summed E-state index contributed by atoms with van der Waals surface area (Å²) >= 11 is 3.27. The summed E-state index contributed by atoms with van der Waals surface area (Å²) in [6, 6.07) is 3.32. The first-order chi connectivity index (χ1) is 9.95. The Morgan fingerprint density at radius 1 is 1.38 bits per heavy atom. The third-order valence-electron chi connectivity index (χ3n) is 2.81. The first-order valence-corrected chi connectivity index (χ1v) is 7.23. The molecule has 0 unspecified atom stereocenters. The third-order valence-corrected chi connectivity index (χ3v) is 3.27. The van der Waals surface area contributed by atoms with Gasteiger partial charge in [0, 0.05) is 30.4 Å². The summed E-state index contributed by atoms with van der Waals surface area (Å²) in [5.41, 5.74) is 7.24. The zero-order valence-corrected chi connectivity index (χ0v) is 13.7. The second-order valence-electron chi connectivity index (χ2n) is 4.44. The number of hydrogen-bond donors (Lipinski definition) is 2. The molecular weight excluding hydrogens is 340 g/mol. The summed E-state index contributed by atoms with van der Waals surface area (Å²) in [6.45, 7) is 2.45. The number of esters is 1. The van der Waals surface area contributed by atoms with Crippen molar-refractivity contribution in [2.75, 3.05) is 32.6 Å². The van der Waals surface area contributed by atoms with Crippen molar-refractivity contribution >= 4 is 33.5 Å². The van der Waals surface area contributed by atoms with Crippen LogP contribution in [0.3, 0.4) is 0 Å². The van der Waals surface area contributed by atoms with Crippen LogP contribution in [0.4, 0.5) is 5.69 Å². The van der Waals surface area contributed by atoms with E-state index in [9.17, 15) is 9.59 Å². The molecule has 0 bridgehead atoms. The van der Waals surface area contributed by atoms with Crippen LogP contribution < -0.4 is 11.1 Å². The quantitative estimate of drug-likeness (QED) is 0.439. The molecule has 0 atom stereocenters. The van der Waals surface area contributed by atoms with Gasteiger partial charge in [0.25, 0.3) is 5.91 Å². The maximum atomic E-state index is 12.0. The molecule has 0 spiro atoms. The fourth-order valence-electron chi connectivity index (χ4n) is 1.62. The fourth-order valence-corrected chi connectivity index (χ4v) is 2.09. The summed E-state index contributed by atoms with van der Waals surface area (Å²) in [6.07, 6.45) is 0.706. The molecule has 1 rings (SSSR count). The van der Waals surface area contributed by atoms with Crippen LogP contribution in [0.5, 0.6) is 0 Å². The number of amides is 1. The Hall–Kier alpha value is -1.60. The zero-order valence-electron chi connectivity index (χ0n) is 12.1. The summed E-state index contributed by atoms with van der Waals surface area (Å²) < 4.78 is 10.5. The molecule has 0 saturated heterocycles. The SMILES string of the molecule is COCCCNC(=O)COC(=O)c1cc(Br)cc(N)c1C. The van der Waals surface area contributed by atoms with E-state index in [1.54, 1.807) is 26.2 Å². The average Bonchev–Trinajstić information content (AvgIpc) is 2.44. The smallest absolute Gasteiger partial charge is 0.339 e. The van der Waals surface area contributed by atoms with Gasteiger partial charge in [0.2, 0.25) is 0 Å². The van der Waals surface area contributed by atoms with Crippen LogP contribution in [0.15, 0.2) is 16.6 Å². The number of nitrogens with two attached hydrogens (primary N) is 1. The Morgan fingerprint density at radius 3 is 2.76 bits per heavy atom. The lowest BCUT2D eigenvalue weighted by atomic mass is 10.1. The minimum absolute atomic E-state index is 0.322. The van der Waals surface area contributed by atoms with Crippen molar-refractivity contribution in [1.29, 1.82) is 0 Å². The van der Waals surface area contributed by atoms with Crippen molar-refractivity contribution in [2.24, 2.45) is 0 Å². The largest absolute Gasteiger partial charge is 0.452 e. The third kappa shape index (κ3) is 5.73. The maximum Gasteiger partial charge on any atom is 0.339 e. The first-order valence-electron chi connectivity index (χ1n) is 6.44. The maximum absolute atomic E-state index is 12.0. The summed E-state index contributed by atoms with van der Waals surface area (Å²) in [7, 11) is 1.59. The first kappa shape index (κ1) is 17.5. The Balaban J connectivity index is 2.49. The highest BCUT2D eigenvalue weighted by Gasteiger charge is 2.15. The highest BCUT2D eigenvalue weighted by atomic mass is 79.9. The highest BCUT2D eigenvalue weighted by Crippen LogP contribution is 2.23. The summed E-state index contributed by atoms with van der Waals surface area (Å²) in [4.78, 5) is 23.4. The van der Waals surface area contributed by atoms with E-state index in [1.807, 2.05) is 0 Å². The molecule has 0 aliphatic carbocycles. The van der Waals surface area contributed by atoms with Gasteiger partial charge >= 0.3 is 5.97 Å². The number of anilines is 1. The second-order valence-corrected chi connectivity index (χ2v) is 5.36. The van der Waals surface area contributed by atoms with Crippen molar-refractivity contribution < 1.29 is 19.1 Å². The highest BCUT2D eigenvalue weighted by molar-refractivity contribution is 9.10. The molecule has 1 amide bonds. The summed E-state index contributed by atoms with van der Waals surface area (Å²) in [5.74, 6) is -0.924. The van der Waals surface area contributed by atoms with Crippen LogP contribution in [0, 0.1) is 6.92 Å². The Kier molecular flexibility index (Phi) is 7.18. The van der Waals surface area contributed by atoms with Crippen LogP contribution in [0.25, 0.3) is 0 Å².